The van der Waals surface area contributed by atoms with Gasteiger partial charge in [-0.25, -0.2) is 8.42 Å². The summed E-state index contributed by atoms with van der Waals surface area (Å²) in [5.41, 5.74) is 1.11. The summed E-state index contributed by atoms with van der Waals surface area (Å²) in [6, 6.07) is 7.38. The fraction of sp³-hybridized carbons (Fsp3) is 0.667. The van der Waals surface area contributed by atoms with E-state index in [4.69, 9.17) is 4.74 Å². The second-order valence-electron chi connectivity index (χ2n) is 6.99. The summed E-state index contributed by atoms with van der Waals surface area (Å²) >= 11 is 2.06. The number of thioether (sulfide) groups is 1. The average Bonchev–Trinajstić information content (AvgIpc) is 3.12. The Morgan fingerprint density at radius 1 is 1.28 bits per heavy atom. The molecule has 2 aliphatic rings. The molecule has 140 valence electrons. The van der Waals surface area contributed by atoms with Gasteiger partial charge in [-0.3, -0.25) is 5.32 Å². The van der Waals surface area contributed by atoms with Crippen molar-refractivity contribution in [1.29, 1.82) is 0 Å². The van der Waals surface area contributed by atoms with Crippen LogP contribution in [0.4, 0.5) is 0 Å². The highest BCUT2D eigenvalue weighted by atomic mass is 32.2. The number of sulfone groups is 1. The molecule has 0 radical (unpaired) electrons. The number of benzene rings is 1. The van der Waals surface area contributed by atoms with Crippen LogP contribution in [-0.2, 0) is 14.6 Å². The summed E-state index contributed by atoms with van der Waals surface area (Å²) < 4.78 is 28.9. The van der Waals surface area contributed by atoms with Gasteiger partial charge >= 0.3 is 0 Å². The minimum absolute atomic E-state index is 0.168. The minimum atomic E-state index is -3.15. The molecule has 2 heterocycles. The molecule has 1 aromatic rings. The van der Waals surface area contributed by atoms with Crippen LogP contribution in [-0.4, -0.2) is 51.6 Å². The van der Waals surface area contributed by atoms with E-state index in [1.54, 1.807) is 19.2 Å². The molecule has 7 heteroatoms. The van der Waals surface area contributed by atoms with Gasteiger partial charge in [0.1, 0.15) is 0 Å². The van der Waals surface area contributed by atoms with Crippen LogP contribution in [0.25, 0.3) is 0 Å². The molecule has 2 fully saturated rings. The highest BCUT2D eigenvalue weighted by molar-refractivity contribution is 8.00. The van der Waals surface area contributed by atoms with Gasteiger partial charge < -0.3 is 10.1 Å². The molecule has 1 aromatic carbocycles. The van der Waals surface area contributed by atoms with Crippen molar-refractivity contribution in [3.63, 3.8) is 0 Å². The van der Waals surface area contributed by atoms with Crippen molar-refractivity contribution < 1.29 is 13.2 Å². The second kappa shape index (κ2) is 8.39. The fourth-order valence-corrected chi connectivity index (χ4v) is 5.44. The maximum Gasteiger partial charge on any atom is 0.175 e. The average molecular weight is 385 g/mol. The smallest absolute Gasteiger partial charge is 0.175 e. The van der Waals surface area contributed by atoms with Gasteiger partial charge in [0.05, 0.1) is 17.2 Å². The maximum absolute atomic E-state index is 11.6. The van der Waals surface area contributed by atoms with Crippen LogP contribution in [0.15, 0.2) is 29.2 Å². The zero-order valence-corrected chi connectivity index (χ0v) is 16.5. The van der Waals surface area contributed by atoms with E-state index in [9.17, 15) is 8.42 Å². The SMILES string of the molecule is COC1CC(NCC2CCCS2)NC(c2ccc(S(C)(=O)=O)cc2)C1. The Kier molecular flexibility index (Phi) is 6.44. The first-order valence-electron chi connectivity index (χ1n) is 8.89. The molecular weight excluding hydrogens is 356 g/mol. The summed E-state index contributed by atoms with van der Waals surface area (Å²) in [5.74, 6) is 1.28. The molecule has 0 bridgehead atoms. The third-order valence-corrected chi connectivity index (χ3v) is 7.59. The van der Waals surface area contributed by atoms with Gasteiger partial charge in [0, 0.05) is 37.6 Å². The first-order valence-corrected chi connectivity index (χ1v) is 11.8. The molecule has 2 saturated heterocycles. The van der Waals surface area contributed by atoms with E-state index in [1.807, 2.05) is 12.1 Å². The van der Waals surface area contributed by atoms with Crippen molar-refractivity contribution in [2.75, 3.05) is 25.7 Å². The molecule has 2 N–H and O–H groups in total. The Bertz CT molecular complexity index is 657. The van der Waals surface area contributed by atoms with Crippen molar-refractivity contribution in [2.24, 2.45) is 0 Å². The third kappa shape index (κ3) is 5.20. The van der Waals surface area contributed by atoms with E-state index >= 15 is 0 Å². The first kappa shape index (κ1) is 19.2. The zero-order valence-electron chi connectivity index (χ0n) is 14.9. The highest BCUT2D eigenvalue weighted by Gasteiger charge is 2.29. The molecule has 25 heavy (non-hydrogen) atoms. The van der Waals surface area contributed by atoms with Crippen molar-refractivity contribution in [3.05, 3.63) is 29.8 Å². The molecule has 0 amide bonds. The normalized spacial score (nSPS) is 30.5. The Morgan fingerprint density at radius 3 is 2.64 bits per heavy atom. The Balaban J connectivity index is 1.65. The first-order chi connectivity index (χ1) is 12.0. The van der Waals surface area contributed by atoms with E-state index in [1.165, 1.54) is 24.9 Å². The molecule has 0 aromatic heterocycles. The summed E-state index contributed by atoms with van der Waals surface area (Å²) in [5, 5.41) is 8.04. The molecule has 0 spiro atoms. The highest BCUT2D eigenvalue weighted by Crippen LogP contribution is 2.29. The standard InChI is InChI=1S/C18H28N2O3S2/c1-23-14-10-17(13-5-7-16(8-6-13)25(2,21)22)20-18(11-14)19-12-15-4-3-9-24-15/h5-8,14-15,17-20H,3-4,9-12H2,1-2H3. The summed E-state index contributed by atoms with van der Waals surface area (Å²) in [6.45, 7) is 1.03. The number of methoxy groups -OCH3 is 1. The largest absolute Gasteiger partial charge is 0.381 e. The summed E-state index contributed by atoms with van der Waals surface area (Å²) in [7, 11) is -1.39. The van der Waals surface area contributed by atoms with Gasteiger partial charge in [-0.15, -0.1) is 0 Å². The van der Waals surface area contributed by atoms with Gasteiger partial charge in [-0.2, -0.15) is 11.8 Å². The molecule has 3 rings (SSSR count). The monoisotopic (exact) mass is 384 g/mol. The van der Waals surface area contributed by atoms with Crippen LogP contribution in [0, 0.1) is 0 Å². The Hall–Kier alpha value is -0.600. The third-order valence-electron chi connectivity index (χ3n) is 5.06. The quantitative estimate of drug-likeness (QED) is 0.785. The number of ether oxygens (including phenoxy) is 1. The lowest BCUT2D eigenvalue weighted by Gasteiger charge is -2.37. The molecular formula is C18H28N2O3S2. The molecule has 4 atom stereocenters. The fourth-order valence-electron chi connectivity index (χ4n) is 3.59. The summed E-state index contributed by atoms with van der Waals surface area (Å²) in [6.07, 6.45) is 6.13. The molecule has 0 aliphatic carbocycles. The lowest BCUT2D eigenvalue weighted by atomic mass is 9.93. The predicted octanol–water partition coefficient (Wildman–Crippen LogP) is 2.34. The van der Waals surface area contributed by atoms with E-state index in [-0.39, 0.29) is 18.3 Å². The van der Waals surface area contributed by atoms with Gasteiger partial charge in [-0.05, 0) is 42.7 Å². The van der Waals surface area contributed by atoms with Crippen molar-refractivity contribution in [3.8, 4) is 0 Å². The molecule has 4 unspecified atom stereocenters. The van der Waals surface area contributed by atoms with Crippen LogP contribution >= 0.6 is 11.8 Å². The van der Waals surface area contributed by atoms with E-state index in [2.05, 4.69) is 22.4 Å². The topological polar surface area (TPSA) is 67.4 Å². The van der Waals surface area contributed by atoms with Crippen LogP contribution in [0.1, 0.15) is 37.3 Å². The maximum atomic E-state index is 11.6. The molecule has 2 aliphatic heterocycles. The Morgan fingerprint density at radius 2 is 2.04 bits per heavy atom. The van der Waals surface area contributed by atoms with Gasteiger partial charge in [-0.1, -0.05) is 12.1 Å². The van der Waals surface area contributed by atoms with E-state index in [0.29, 0.717) is 4.90 Å². The van der Waals surface area contributed by atoms with Crippen molar-refractivity contribution >= 4 is 21.6 Å². The number of hydrogen-bond donors (Lipinski definition) is 2. The van der Waals surface area contributed by atoms with Crippen LogP contribution in [0.5, 0.6) is 0 Å². The van der Waals surface area contributed by atoms with Crippen LogP contribution < -0.4 is 10.6 Å². The molecule has 5 nitrogen and oxygen atoms in total. The van der Waals surface area contributed by atoms with E-state index in [0.717, 1.165) is 30.2 Å². The zero-order chi connectivity index (χ0) is 17.9. The number of hydrogen-bond acceptors (Lipinski definition) is 6. The number of rotatable bonds is 6. The summed E-state index contributed by atoms with van der Waals surface area (Å²) in [4.78, 5) is 0.364. The number of nitrogens with one attached hydrogen (secondary N) is 2. The molecule has 0 saturated carbocycles. The second-order valence-corrected chi connectivity index (χ2v) is 10.4. The van der Waals surface area contributed by atoms with Crippen molar-refractivity contribution in [2.45, 2.75) is 54.1 Å². The van der Waals surface area contributed by atoms with Crippen molar-refractivity contribution in [1.82, 2.24) is 10.6 Å². The lowest BCUT2D eigenvalue weighted by molar-refractivity contribution is 0.0398. The van der Waals surface area contributed by atoms with Gasteiger partial charge in [0.25, 0.3) is 0 Å². The van der Waals surface area contributed by atoms with E-state index < -0.39 is 9.84 Å². The predicted molar refractivity (Wildman–Crippen MR) is 103 cm³/mol. The Labute approximate surface area is 155 Å². The van der Waals surface area contributed by atoms with Gasteiger partial charge in [0.15, 0.2) is 9.84 Å². The minimum Gasteiger partial charge on any atom is -0.381 e. The van der Waals surface area contributed by atoms with Crippen LogP contribution in [0.2, 0.25) is 0 Å². The lowest BCUT2D eigenvalue weighted by Crippen LogP contribution is -2.52. The van der Waals surface area contributed by atoms with Crippen LogP contribution in [0.3, 0.4) is 0 Å². The number of piperidine rings is 1. The van der Waals surface area contributed by atoms with Gasteiger partial charge in [0.2, 0.25) is 0 Å².